The number of nitrogens with one attached hydrogen (secondary N) is 1. The van der Waals surface area contributed by atoms with E-state index in [9.17, 15) is 18.0 Å². The fourth-order valence-electron chi connectivity index (χ4n) is 3.53. The zero-order valence-electron chi connectivity index (χ0n) is 16.2. The number of hydrogen-bond acceptors (Lipinski definition) is 4. The highest BCUT2D eigenvalue weighted by molar-refractivity contribution is 6.31. The molecule has 1 aliphatic heterocycles. The lowest BCUT2D eigenvalue weighted by Crippen LogP contribution is -2.27. The van der Waals surface area contributed by atoms with Crippen molar-refractivity contribution in [1.29, 1.82) is 0 Å². The van der Waals surface area contributed by atoms with Crippen molar-refractivity contribution in [2.24, 2.45) is 0 Å². The molecular formula is C22H18ClF3N2O3. The van der Waals surface area contributed by atoms with Gasteiger partial charge in [0.15, 0.2) is 11.5 Å². The SMILES string of the molecule is O=C(Nc1cncc2ccccc12)C1CCOc2c(OCCC(F)(F)F)cc(Cl)cc21. The minimum Gasteiger partial charge on any atom is -0.489 e. The van der Waals surface area contributed by atoms with Crippen LogP contribution in [0, 0.1) is 0 Å². The molecule has 4 rings (SSSR count). The van der Waals surface area contributed by atoms with Crippen molar-refractivity contribution in [3.63, 3.8) is 0 Å². The summed E-state index contributed by atoms with van der Waals surface area (Å²) in [6, 6.07) is 10.5. The van der Waals surface area contributed by atoms with Gasteiger partial charge in [0.05, 0.1) is 37.4 Å². The molecule has 2 aromatic carbocycles. The van der Waals surface area contributed by atoms with E-state index in [4.69, 9.17) is 21.1 Å². The van der Waals surface area contributed by atoms with Gasteiger partial charge in [0.1, 0.15) is 0 Å². The van der Waals surface area contributed by atoms with Gasteiger partial charge in [-0.25, -0.2) is 0 Å². The Bertz CT molecular complexity index is 1120. The maximum absolute atomic E-state index is 13.1. The summed E-state index contributed by atoms with van der Waals surface area (Å²) in [5.74, 6) is -0.553. The molecule has 1 aromatic heterocycles. The molecule has 0 fully saturated rings. The average Bonchev–Trinajstić information content (AvgIpc) is 2.72. The Kier molecular flexibility index (Phi) is 5.91. The Morgan fingerprint density at radius 2 is 2.06 bits per heavy atom. The second-order valence-electron chi connectivity index (χ2n) is 7.12. The molecule has 1 N–H and O–H groups in total. The molecule has 0 saturated carbocycles. The topological polar surface area (TPSA) is 60.5 Å². The number of anilines is 1. The third-order valence-corrected chi connectivity index (χ3v) is 5.18. The molecule has 2 heterocycles. The van der Waals surface area contributed by atoms with Crippen LogP contribution in [0.4, 0.5) is 18.9 Å². The number of carbonyl (C=O) groups is 1. The minimum atomic E-state index is -4.34. The molecular weight excluding hydrogens is 433 g/mol. The Balaban J connectivity index is 1.59. The van der Waals surface area contributed by atoms with Crippen LogP contribution in [-0.4, -0.2) is 30.3 Å². The third kappa shape index (κ3) is 4.85. The van der Waals surface area contributed by atoms with E-state index < -0.39 is 25.1 Å². The van der Waals surface area contributed by atoms with E-state index in [2.05, 4.69) is 10.3 Å². The van der Waals surface area contributed by atoms with Crippen molar-refractivity contribution in [1.82, 2.24) is 4.98 Å². The van der Waals surface area contributed by atoms with Gasteiger partial charge in [-0.05, 0) is 12.5 Å². The van der Waals surface area contributed by atoms with Crippen LogP contribution in [0.1, 0.15) is 24.3 Å². The molecule has 31 heavy (non-hydrogen) atoms. The van der Waals surface area contributed by atoms with Crippen LogP contribution in [0.5, 0.6) is 11.5 Å². The summed E-state index contributed by atoms with van der Waals surface area (Å²) in [6.45, 7) is -0.353. The molecule has 0 spiro atoms. The summed E-state index contributed by atoms with van der Waals surface area (Å²) in [7, 11) is 0. The highest BCUT2D eigenvalue weighted by Gasteiger charge is 2.32. The Morgan fingerprint density at radius 1 is 1.26 bits per heavy atom. The molecule has 1 amide bonds. The van der Waals surface area contributed by atoms with E-state index in [-0.39, 0.29) is 29.0 Å². The van der Waals surface area contributed by atoms with Gasteiger partial charge in [-0.1, -0.05) is 35.9 Å². The first-order valence-corrected chi connectivity index (χ1v) is 9.99. The van der Waals surface area contributed by atoms with Crippen LogP contribution in [0.2, 0.25) is 5.02 Å². The van der Waals surface area contributed by atoms with Gasteiger partial charge in [-0.3, -0.25) is 9.78 Å². The van der Waals surface area contributed by atoms with Crippen LogP contribution in [0.25, 0.3) is 10.8 Å². The minimum absolute atomic E-state index is 0.0936. The number of amides is 1. The van der Waals surface area contributed by atoms with E-state index in [1.165, 1.54) is 6.07 Å². The van der Waals surface area contributed by atoms with Gasteiger partial charge < -0.3 is 14.8 Å². The van der Waals surface area contributed by atoms with E-state index in [0.717, 1.165) is 10.8 Å². The fourth-order valence-corrected chi connectivity index (χ4v) is 3.75. The molecule has 1 aliphatic rings. The number of hydrogen-bond donors (Lipinski definition) is 1. The lowest BCUT2D eigenvalue weighted by molar-refractivity contribution is -0.139. The quantitative estimate of drug-likeness (QED) is 0.539. The maximum Gasteiger partial charge on any atom is 0.392 e. The highest BCUT2D eigenvalue weighted by Crippen LogP contribution is 2.43. The smallest absolute Gasteiger partial charge is 0.392 e. The zero-order chi connectivity index (χ0) is 22.0. The van der Waals surface area contributed by atoms with Gasteiger partial charge in [0, 0.05) is 33.6 Å². The number of alkyl halides is 3. The molecule has 0 saturated heterocycles. The van der Waals surface area contributed by atoms with Crippen LogP contribution < -0.4 is 14.8 Å². The number of nitrogens with zero attached hydrogens (tertiary/aromatic N) is 1. The zero-order valence-corrected chi connectivity index (χ0v) is 17.0. The first-order valence-electron chi connectivity index (χ1n) is 9.61. The largest absolute Gasteiger partial charge is 0.489 e. The van der Waals surface area contributed by atoms with E-state index in [0.29, 0.717) is 17.7 Å². The number of ether oxygens (including phenoxy) is 2. The predicted molar refractivity (Wildman–Crippen MR) is 111 cm³/mol. The number of benzene rings is 2. The Morgan fingerprint density at radius 3 is 2.87 bits per heavy atom. The van der Waals surface area contributed by atoms with Crippen LogP contribution >= 0.6 is 11.6 Å². The van der Waals surface area contributed by atoms with Crippen molar-refractivity contribution in [2.75, 3.05) is 18.5 Å². The monoisotopic (exact) mass is 450 g/mol. The third-order valence-electron chi connectivity index (χ3n) is 4.96. The van der Waals surface area contributed by atoms with Gasteiger partial charge in [0.25, 0.3) is 0 Å². The molecule has 9 heteroatoms. The highest BCUT2D eigenvalue weighted by atomic mass is 35.5. The van der Waals surface area contributed by atoms with Gasteiger partial charge in [0.2, 0.25) is 5.91 Å². The maximum atomic E-state index is 13.1. The van der Waals surface area contributed by atoms with Gasteiger partial charge in [-0.15, -0.1) is 0 Å². The second-order valence-corrected chi connectivity index (χ2v) is 7.56. The van der Waals surface area contributed by atoms with E-state index in [1.807, 2.05) is 24.3 Å². The lowest BCUT2D eigenvalue weighted by Gasteiger charge is -2.27. The van der Waals surface area contributed by atoms with Gasteiger partial charge in [-0.2, -0.15) is 13.2 Å². The number of rotatable bonds is 5. The van der Waals surface area contributed by atoms with E-state index in [1.54, 1.807) is 18.5 Å². The number of aromatic nitrogens is 1. The Labute approximate surface area is 181 Å². The standard InChI is InChI=1S/C22H18ClF3N2O3/c23-14-9-17-16(5-7-31-20(17)19(10-14)30-8-6-22(24,25)26)21(29)28-18-12-27-11-13-3-1-2-4-15(13)18/h1-4,9-12,16H,5-8H2,(H,28,29). The molecule has 0 bridgehead atoms. The molecule has 5 nitrogen and oxygen atoms in total. The number of pyridine rings is 1. The summed E-state index contributed by atoms with van der Waals surface area (Å²) in [5, 5.41) is 4.89. The lowest BCUT2D eigenvalue weighted by atomic mass is 9.91. The first kappa shape index (κ1) is 21.2. The molecule has 0 aliphatic carbocycles. The number of carbonyl (C=O) groups excluding carboxylic acids is 1. The normalized spacial score (nSPS) is 15.8. The summed E-state index contributed by atoms with van der Waals surface area (Å²) in [6.07, 6.45) is -1.77. The predicted octanol–water partition coefficient (Wildman–Crippen LogP) is 5.72. The van der Waals surface area contributed by atoms with Crippen LogP contribution in [0.15, 0.2) is 48.8 Å². The van der Waals surface area contributed by atoms with Gasteiger partial charge >= 0.3 is 6.18 Å². The summed E-state index contributed by atoms with van der Waals surface area (Å²) in [5.41, 5.74) is 1.05. The molecule has 162 valence electrons. The van der Waals surface area contributed by atoms with Crippen molar-refractivity contribution in [3.05, 3.63) is 59.4 Å². The Hall–Kier alpha value is -3.00. The van der Waals surface area contributed by atoms with Crippen molar-refractivity contribution in [3.8, 4) is 11.5 Å². The van der Waals surface area contributed by atoms with Crippen LogP contribution in [-0.2, 0) is 4.79 Å². The summed E-state index contributed by atoms with van der Waals surface area (Å²) in [4.78, 5) is 17.3. The van der Waals surface area contributed by atoms with Crippen molar-refractivity contribution in [2.45, 2.75) is 24.9 Å². The van der Waals surface area contributed by atoms with E-state index >= 15 is 0 Å². The first-order chi connectivity index (χ1) is 14.8. The fraction of sp³-hybridized carbons (Fsp3) is 0.273. The summed E-state index contributed by atoms with van der Waals surface area (Å²) >= 11 is 6.16. The summed E-state index contributed by atoms with van der Waals surface area (Å²) < 4.78 is 48.3. The second kappa shape index (κ2) is 8.63. The molecule has 0 radical (unpaired) electrons. The van der Waals surface area contributed by atoms with Crippen molar-refractivity contribution < 1.29 is 27.4 Å². The van der Waals surface area contributed by atoms with Crippen LogP contribution in [0.3, 0.4) is 0 Å². The number of halogens is 4. The van der Waals surface area contributed by atoms with Crippen molar-refractivity contribution >= 4 is 34.0 Å². The number of fused-ring (bicyclic) bond motifs is 2. The molecule has 1 unspecified atom stereocenters. The molecule has 1 atom stereocenters. The molecule has 3 aromatic rings. The average molecular weight is 451 g/mol.